The van der Waals surface area contributed by atoms with Crippen molar-refractivity contribution in [2.24, 2.45) is 16.0 Å². The predicted octanol–water partition coefficient (Wildman–Crippen LogP) is 2.54. The number of carbonyl (C=O) groups excluding carboxylic acids is 1. The molecule has 0 spiro atoms. The molecular weight excluding hydrogens is 442 g/mol. The molecule has 0 saturated carbocycles. The molecule has 1 atom stereocenters. The van der Waals surface area contributed by atoms with E-state index in [-0.39, 0.29) is 17.7 Å². The Bertz CT molecular complexity index is 1370. The number of ether oxygens (including phenoxy) is 1. The first-order chi connectivity index (χ1) is 15.9. The second-order valence-corrected chi connectivity index (χ2v) is 9.52. The number of carbonyl (C=O) groups is 1. The van der Waals surface area contributed by atoms with Crippen LogP contribution in [-0.2, 0) is 10.2 Å². The van der Waals surface area contributed by atoms with E-state index in [4.69, 9.17) is 10.5 Å². The number of piperidine rings is 1. The van der Waals surface area contributed by atoms with Gasteiger partial charge in [-0.25, -0.2) is 0 Å². The summed E-state index contributed by atoms with van der Waals surface area (Å²) in [5, 5.41) is 1.83. The molecule has 3 aromatic rings. The normalized spacial score (nSPS) is 19.3. The van der Waals surface area contributed by atoms with Crippen LogP contribution in [0.15, 0.2) is 59.1 Å². The fraction of sp³-hybridized carbons (Fsp3) is 0.261. The summed E-state index contributed by atoms with van der Waals surface area (Å²) >= 11 is 0. The molecule has 1 amide bonds. The van der Waals surface area contributed by atoms with Gasteiger partial charge in [-0.2, -0.15) is 8.42 Å². The van der Waals surface area contributed by atoms with Crippen molar-refractivity contribution < 1.29 is 17.9 Å². The average Bonchev–Trinajstić information content (AvgIpc) is 2.81. The minimum Gasteiger partial charge on any atom is -0.492 e. The van der Waals surface area contributed by atoms with Crippen molar-refractivity contribution in [2.75, 3.05) is 24.4 Å². The highest BCUT2D eigenvalue weighted by Gasteiger charge is 2.28. The van der Waals surface area contributed by atoms with Gasteiger partial charge in [0.2, 0.25) is 0 Å². The van der Waals surface area contributed by atoms with E-state index >= 15 is 0 Å². The number of fused-ring (bicyclic) bond motifs is 2. The Morgan fingerprint density at radius 2 is 2.03 bits per heavy atom. The third-order valence-corrected chi connectivity index (χ3v) is 6.81. The molecule has 2 aliphatic heterocycles. The third-order valence-electron chi connectivity index (χ3n) is 5.90. The van der Waals surface area contributed by atoms with Crippen molar-refractivity contribution in [3.8, 4) is 5.75 Å². The number of anilines is 1. The average molecular weight is 466 g/mol. The Labute approximate surface area is 191 Å². The first-order valence-corrected chi connectivity index (χ1v) is 12.1. The Morgan fingerprint density at radius 3 is 2.91 bits per heavy atom. The lowest BCUT2D eigenvalue weighted by Gasteiger charge is -2.33. The molecule has 5 rings (SSSR count). The number of amides is 1. The Morgan fingerprint density at radius 1 is 1.18 bits per heavy atom. The minimum atomic E-state index is -3.85. The van der Waals surface area contributed by atoms with Gasteiger partial charge in [-0.05, 0) is 36.4 Å². The van der Waals surface area contributed by atoms with Crippen LogP contribution in [0, 0.1) is 5.92 Å². The number of likely N-dealkylation sites (tertiary alicyclic amines) is 1. The van der Waals surface area contributed by atoms with Crippen LogP contribution in [-0.4, -0.2) is 49.7 Å². The highest BCUT2D eigenvalue weighted by molar-refractivity contribution is 7.91. The number of amidine groups is 1. The van der Waals surface area contributed by atoms with Crippen molar-refractivity contribution in [3.63, 3.8) is 0 Å². The highest BCUT2D eigenvalue weighted by Crippen LogP contribution is 2.31. The van der Waals surface area contributed by atoms with Crippen LogP contribution in [0.2, 0.25) is 0 Å². The first kappa shape index (κ1) is 21.2. The summed E-state index contributed by atoms with van der Waals surface area (Å²) in [7, 11) is -3.85. The standard InChI is InChI=1S/C23H23N5O4S/c24-22-20-18(26-33(30,31)27-22)8-3-9-19(20)32-14-15-5-4-12-28(13-15)23(29)21-17-7-2-1-6-16(17)10-11-25-21/h1-3,6-11,15,26H,4-5,12-14H2,(H2,24,27). The summed E-state index contributed by atoms with van der Waals surface area (Å²) in [6.07, 6.45) is 3.44. The van der Waals surface area contributed by atoms with Crippen molar-refractivity contribution in [1.29, 1.82) is 0 Å². The van der Waals surface area contributed by atoms with Gasteiger partial charge in [-0.1, -0.05) is 30.3 Å². The number of rotatable bonds is 4. The van der Waals surface area contributed by atoms with Gasteiger partial charge in [0.05, 0.1) is 17.9 Å². The maximum atomic E-state index is 13.3. The fourth-order valence-electron chi connectivity index (χ4n) is 4.37. The van der Waals surface area contributed by atoms with E-state index in [0.717, 1.165) is 23.6 Å². The van der Waals surface area contributed by atoms with E-state index < -0.39 is 10.2 Å². The molecule has 0 aliphatic carbocycles. The molecule has 0 radical (unpaired) electrons. The van der Waals surface area contributed by atoms with Crippen molar-refractivity contribution in [3.05, 3.63) is 66.0 Å². The largest absolute Gasteiger partial charge is 0.492 e. The Hall–Kier alpha value is -3.66. The summed E-state index contributed by atoms with van der Waals surface area (Å²) in [4.78, 5) is 19.4. The molecule has 2 aliphatic rings. The number of nitrogens with zero attached hydrogens (tertiary/aromatic N) is 3. The van der Waals surface area contributed by atoms with Gasteiger partial charge >= 0.3 is 10.2 Å². The molecule has 1 aromatic heterocycles. The van der Waals surface area contributed by atoms with Crippen LogP contribution in [0.3, 0.4) is 0 Å². The topological polar surface area (TPSA) is 127 Å². The van der Waals surface area contributed by atoms with Crippen molar-refractivity contribution in [1.82, 2.24) is 9.88 Å². The van der Waals surface area contributed by atoms with E-state index in [9.17, 15) is 13.2 Å². The van der Waals surface area contributed by atoms with E-state index in [1.807, 2.05) is 35.2 Å². The molecule has 9 nitrogen and oxygen atoms in total. The summed E-state index contributed by atoms with van der Waals surface area (Å²) in [6, 6.07) is 14.7. The zero-order chi connectivity index (χ0) is 23.0. The molecule has 170 valence electrons. The number of pyridine rings is 1. The van der Waals surface area contributed by atoms with E-state index in [1.165, 1.54) is 0 Å². The smallest absolute Gasteiger partial charge is 0.344 e. The number of hydrogen-bond acceptors (Lipinski definition) is 6. The van der Waals surface area contributed by atoms with Gasteiger partial charge in [-0.15, -0.1) is 4.40 Å². The van der Waals surface area contributed by atoms with Crippen LogP contribution < -0.4 is 15.2 Å². The molecular formula is C23H23N5O4S. The number of nitrogens with one attached hydrogen (secondary N) is 1. The lowest BCUT2D eigenvalue weighted by atomic mass is 9.98. The Balaban J connectivity index is 1.31. The molecule has 10 heteroatoms. The molecule has 0 bridgehead atoms. The predicted molar refractivity (Wildman–Crippen MR) is 126 cm³/mol. The van der Waals surface area contributed by atoms with E-state index in [0.29, 0.717) is 42.4 Å². The molecule has 1 saturated heterocycles. The van der Waals surface area contributed by atoms with Gasteiger partial charge in [0.15, 0.2) is 5.84 Å². The number of nitrogens with two attached hydrogens (primary N) is 1. The monoisotopic (exact) mass is 465 g/mol. The summed E-state index contributed by atoms with van der Waals surface area (Å²) in [6.45, 7) is 1.58. The molecule has 2 aromatic carbocycles. The van der Waals surface area contributed by atoms with E-state index in [1.54, 1.807) is 24.4 Å². The minimum absolute atomic E-state index is 0.0839. The van der Waals surface area contributed by atoms with Crippen LogP contribution in [0.4, 0.5) is 5.69 Å². The fourth-order valence-corrected chi connectivity index (χ4v) is 5.21. The maximum absolute atomic E-state index is 13.3. The quantitative estimate of drug-likeness (QED) is 0.610. The number of aromatic nitrogens is 1. The van der Waals surface area contributed by atoms with Crippen molar-refractivity contribution in [2.45, 2.75) is 12.8 Å². The van der Waals surface area contributed by atoms with E-state index in [2.05, 4.69) is 14.1 Å². The summed E-state index contributed by atoms with van der Waals surface area (Å²) in [5.74, 6) is 0.378. The van der Waals surface area contributed by atoms with Crippen molar-refractivity contribution >= 4 is 38.4 Å². The van der Waals surface area contributed by atoms with Gasteiger partial charge in [-0.3, -0.25) is 14.5 Å². The lowest BCUT2D eigenvalue weighted by molar-refractivity contribution is 0.0629. The molecule has 1 fully saturated rings. The molecule has 33 heavy (non-hydrogen) atoms. The highest BCUT2D eigenvalue weighted by atomic mass is 32.2. The molecule has 3 N–H and O–H groups in total. The van der Waals surface area contributed by atoms with Crippen LogP contribution >= 0.6 is 0 Å². The zero-order valence-electron chi connectivity index (χ0n) is 17.8. The van der Waals surface area contributed by atoms with Gasteiger partial charge < -0.3 is 15.4 Å². The summed E-state index contributed by atoms with van der Waals surface area (Å²) in [5.41, 5.74) is 7.12. The van der Waals surface area contributed by atoms with Crippen LogP contribution in [0.5, 0.6) is 5.75 Å². The second kappa shape index (κ2) is 8.36. The van der Waals surface area contributed by atoms with Gasteiger partial charge in [0, 0.05) is 30.6 Å². The van der Waals surface area contributed by atoms with Gasteiger partial charge in [0.1, 0.15) is 11.4 Å². The van der Waals surface area contributed by atoms with Crippen LogP contribution in [0.1, 0.15) is 28.9 Å². The van der Waals surface area contributed by atoms with Gasteiger partial charge in [0.25, 0.3) is 5.91 Å². The number of hydrogen-bond donors (Lipinski definition) is 2. The third kappa shape index (κ3) is 4.21. The second-order valence-electron chi connectivity index (χ2n) is 8.18. The molecule has 1 unspecified atom stereocenters. The summed E-state index contributed by atoms with van der Waals surface area (Å²) < 4.78 is 35.5. The SMILES string of the molecule is NC1=NS(=O)(=O)Nc2cccc(OCC3CCCN(C(=O)c4nccc5ccccc45)C3)c21. The zero-order valence-corrected chi connectivity index (χ0v) is 18.6. The lowest BCUT2D eigenvalue weighted by Crippen LogP contribution is -2.42. The van der Waals surface area contributed by atoms with Crippen LogP contribution in [0.25, 0.3) is 10.8 Å². The maximum Gasteiger partial charge on any atom is 0.344 e. The number of benzene rings is 2. The molecule has 3 heterocycles. The Kier molecular flexibility index (Phi) is 5.37. The first-order valence-electron chi connectivity index (χ1n) is 10.7.